The molecule has 0 radical (unpaired) electrons. The van der Waals surface area contributed by atoms with Gasteiger partial charge in [0.15, 0.2) is 12.4 Å². The van der Waals surface area contributed by atoms with E-state index in [1.54, 1.807) is 23.9 Å². The van der Waals surface area contributed by atoms with Crippen molar-refractivity contribution in [3.05, 3.63) is 53.4 Å². The molecule has 0 saturated carbocycles. The van der Waals surface area contributed by atoms with Crippen LogP contribution in [0.5, 0.6) is 11.5 Å². The average molecular weight is 413 g/mol. The number of hydrogen-bond acceptors (Lipinski definition) is 6. The van der Waals surface area contributed by atoms with Crippen LogP contribution in [0.15, 0.2) is 47.9 Å². The van der Waals surface area contributed by atoms with Crippen molar-refractivity contribution in [3.63, 3.8) is 0 Å². The highest BCUT2D eigenvalue weighted by molar-refractivity contribution is 8.00. The van der Waals surface area contributed by atoms with Gasteiger partial charge in [0.1, 0.15) is 29.2 Å². The van der Waals surface area contributed by atoms with Gasteiger partial charge in [0.05, 0.1) is 11.3 Å². The number of rotatable bonds is 5. The second-order valence-electron chi connectivity index (χ2n) is 8.06. The van der Waals surface area contributed by atoms with Crippen molar-refractivity contribution < 1.29 is 23.8 Å². The monoisotopic (exact) mass is 413 g/mol. The largest absolute Gasteiger partial charge is 0.489 e. The molecule has 0 aliphatic carbocycles. The lowest BCUT2D eigenvalue weighted by atomic mass is 10.0. The molecule has 0 spiro atoms. The van der Waals surface area contributed by atoms with Crippen LogP contribution < -0.4 is 9.47 Å². The lowest BCUT2D eigenvalue weighted by Crippen LogP contribution is -2.66. The number of β-lactam (4-membered cyclic amide) rings is 1. The molecule has 0 N–H and O–H groups in total. The molecule has 0 unspecified atom stereocenters. The van der Waals surface area contributed by atoms with Crippen molar-refractivity contribution in [3.8, 4) is 11.5 Å². The minimum atomic E-state index is -0.517. The van der Waals surface area contributed by atoms with Crippen LogP contribution in [0.25, 0.3) is 6.08 Å². The van der Waals surface area contributed by atoms with E-state index in [1.165, 1.54) is 4.90 Å². The van der Waals surface area contributed by atoms with Gasteiger partial charge in [0.2, 0.25) is 0 Å². The van der Waals surface area contributed by atoms with E-state index >= 15 is 0 Å². The van der Waals surface area contributed by atoms with Crippen LogP contribution in [0.1, 0.15) is 26.3 Å². The number of carbonyl (C=O) groups excluding carboxylic acids is 2. The molecule has 1 saturated heterocycles. The number of carbonyl (C=O) groups is 2. The first-order valence-corrected chi connectivity index (χ1v) is 10.4. The minimum absolute atomic E-state index is 0.166. The normalized spacial score (nSPS) is 23.2. The standard InChI is InChI=1S/C22H23NO5S/c1-13-5-6-14-7-8-16(9-18(14)27-13)26-11-15-12-29-21-19(28-22(2,3)4)20(25)23(21)17(15)10-24/h5-10,19,21H,1,11-12H2,2-4H3/t19-,21+/m0/s1. The molecule has 1 aromatic carbocycles. The lowest BCUT2D eigenvalue weighted by Gasteiger charge is -2.50. The van der Waals surface area contributed by atoms with E-state index < -0.39 is 11.7 Å². The summed E-state index contributed by atoms with van der Waals surface area (Å²) in [6.45, 7) is 9.76. The number of thioether (sulfide) groups is 1. The second kappa shape index (κ2) is 7.39. The van der Waals surface area contributed by atoms with Crippen LogP contribution in [0.2, 0.25) is 0 Å². The van der Waals surface area contributed by atoms with E-state index in [2.05, 4.69) is 6.58 Å². The summed E-state index contributed by atoms with van der Waals surface area (Å²) in [4.78, 5) is 25.8. The fourth-order valence-corrected chi connectivity index (χ4v) is 4.71. The Balaban J connectivity index is 1.47. The van der Waals surface area contributed by atoms with Gasteiger partial charge in [-0.2, -0.15) is 0 Å². The van der Waals surface area contributed by atoms with E-state index in [4.69, 9.17) is 14.2 Å². The van der Waals surface area contributed by atoms with E-state index in [9.17, 15) is 9.59 Å². The van der Waals surface area contributed by atoms with Crippen LogP contribution in [0.3, 0.4) is 0 Å². The van der Waals surface area contributed by atoms with Gasteiger partial charge < -0.3 is 14.2 Å². The molecule has 3 heterocycles. The number of aldehydes is 1. The smallest absolute Gasteiger partial charge is 0.260 e. The van der Waals surface area contributed by atoms with Gasteiger partial charge in [0, 0.05) is 23.0 Å². The van der Waals surface area contributed by atoms with Gasteiger partial charge in [-0.05, 0) is 45.1 Å². The molecule has 1 amide bonds. The molecule has 1 fully saturated rings. The summed E-state index contributed by atoms with van der Waals surface area (Å²) in [7, 11) is 0. The van der Waals surface area contributed by atoms with Crippen molar-refractivity contribution in [2.75, 3.05) is 12.4 Å². The SMILES string of the molecule is C=C1C=Cc2ccc(OCC3=C(C=O)N4C(=O)[C@H](OC(C)(C)C)[C@H]4SC3)cc2O1. The molecular weight excluding hydrogens is 390 g/mol. The molecule has 3 aliphatic heterocycles. The number of allylic oxidation sites excluding steroid dienone is 2. The lowest BCUT2D eigenvalue weighted by molar-refractivity contribution is -0.176. The molecule has 6 nitrogen and oxygen atoms in total. The number of amides is 1. The molecule has 4 rings (SSSR count). The van der Waals surface area contributed by atoms with Crippen molar-refractivity contribution in [1.82, 2.24) is 4.90 Å². The molecule has 152 valence electrons. The van der Waals surface area contributed by atoms with Crippen molar-refractivity contribution in [2.24, 2.45) is 0 Å². The van der Waals surface area contributed by atoms with Crippen LogP contribution >= 0.6 is 11.8 Å². The predicted molar refractivity (Wildman–Crippen MR) is 112 cm³/mol. The zero-order valence-corrected chi connectivity index (χ0v) is 17.5. The summed E-state index contributed by atoms with van der Waals surface area (Å²) in [5.74, 6) is 2.30. The Bertz CT molecular complexity index is 943. The fraction of sp³-hybridized carbons (Fsp3) is 0.364. The molecule has 29 heavy (non-hydrogen) atoms. The Morgan fingerprint density at radius 1 is 1.34 bits per heavy atom. The van der Waals surface area contributed by atoms with Gasteiger partial charge in [-0.3, -0.25) is 14.5 Å². The summed E-state index contributed by atoms with van der Waals surface area (Å²) in [6, 6.07) is 5.55. The summed E-state index contributed by atoms with van der Waals surface area (Å²) < 4.78 is 17.4. The Morgan fingerprint density at radius 3 is 2.86 bits per heavy atom. The molecule has 1 aromatic rings. The van der Waals surface area contributed by atoms with Crippen LogP contribution in [-0.4, -0.2) is 46.5 Å². The highest BCUT2D eigenvalue weighted by atomic mass is 32.2. The van der Waals surface area contributed by atoms with Gasteiger partial charge in [-0.1, -0.05) is 6.58 Å². The Labute approximate surface area is 174 Å². The number of fused-ring (bicyclic) bond motifs is 2. The quantitative estimate of drug-likeness (QED) is 0.544. The molecule has 0 aromatic heterocycles. The van der Waals surface area contributed by atoms with Crippen molar-refractivity contribution in [2.45, 2.75) is 37.9 Å². The molecule has 0 bridgehead atoms. The van der Waals surface area contributed by atoms with E-state index in [0.717, 1.165) is 17.4 Å². The van der Waals surface area contributed by atoms with Crippen LogP contribution in [-0.2, 0) is 14.3 Å². The zero-order chi connectivity index (χ0) is 20.8. The summed E-state index contributed by atoms with van der Waals surface area (Å²) in [6.07, 6.45) is 3.96. The summed E-state index contributed by atoms with van der Waals surface area (Å²) in [5, 5.41) is -0.166. The summed E-state index contributed by atoms with van der Waals surface area (Å²) >= 11 is 1.59. The van der Waals surface area contributed by atoms with Crippen LogP contribution in [0, 0.1) is 0 Å². The zero-order valence-electron chi connectivity index (χ0n) is 16.6. The Morgan fingerprint density at radius 2 is 2.14 bits per heavy atom. The van der Waals surface area contributed by atoms with Gasteiger partial charge in [-0.25, -0.2) is 0 Å². The van der Waals surface area contributed by atoms with E-state index in [0.29, 0.717) is 28.7 Å². The van der Waals surface area contributed by atoms with E-state index in [1.807, 2.05) is 39.0 Å². The first-order chi connectivity index (χ1) is 13.8. The van der Waals surface area contributed by atoms with Crippen molar-refractivity contribution in [1.29, 1.82) is 0 Å². The third kappa shape index (κ3) is 3.84. The fourth-order valence-electron chi connectivity index (χ4n) is 3.39. The maximum atomic E-state index is 12.6. The number of hydrogen-bond donors (Lipinski definition) is 0. The van der Waals surface area contributed by atoms with Crippen molar-refractivity contribution >= 4 is 30.0 Å². The molecule has 2 atom stereocenters. The van der Waals surface area contributed by atoms with Gasteiger partial charge >= 0.3 is 0 Å². The molecule has 7 heteroatoms. The third-order valence-electron chi connectivity index (χ3n) is 4.72. The highest BCUT2D eigenvalue weighted by Crippen LogP contribution is 2.42. The van der Waals surface area contributed by atoms with Crippen LogP contribution in [0.4, 0.5) is 0 Å². The second-order valence-corrected chi connectivity index (χ2v) is 9.16. The maximum Gasteiger partial charge on any atom is 0.260 e. The Hall–Kier alpha value is -2.51. The number of nitrogens with zero attached hydrogens (tertiary/aromatic N) is 1. The number of ether oxygens (including phenoxy) is 3. The highest BCUT2D eigenvalue weighted by Gasteiger charge is 2.53. The maximum absolute atomic E-state index is 12.6. The first-order valence-electron chi connectivity index (χ1n) is 9.38. The third-order valence-corrected chi connectivity index (χ3v) is 6.04. The Kier molecular flexibility index (Phi) is 5.04. The summed E-state index contributed by atoms with van der Waals surface area (Å²) in [5.41, 5.74) is 1.70. The van der Waals surface area contributed by atoms with Gasteiger partial charge in [0.25, 0.3) is 5.91 Å². The molecular formula is C22H23NO5S. The number of benzene rings is 1. The average Bonchev–Trinajstić information content (AvgIpc) is 2.68. The predicted octanol–water partition coefficient (Wildman–Crippen LogP) is 3.54. The molecule has 3 aliphatic rings. The first kappa shape index (κ1) is 19.8. The van der Waals surface area contributed by atoms with Gasteiger partial charge in [-0.15, -0.1) is 11.8 Å². The van der Waals surface area contributed by atoms with E-state index in [-0.39, 0.29) is 17.9 Å². The minimum Gasteiger partial charge on any atom is -0.489 e. The topological polar surface area (TPSA) is 65.1 Å².